The van der Waals surface area contributed by atoms with Gasteiger partial charge >= 0.3 is 0 Å². The van der Waals surface area contributed by atoms with Crippen LogP contribution in [0, 0.1) is 5.92 Å². The van der Waals surface area contributed by atoms with E-state index in [0.717, 1.165) is 26.2 Å². The zero-order valence-electron chi connectivity index (χ0n) is 14.9. The molecule has 0 saturated carbocycles. The third-order valence-electron chi connectivity index (χ3n) is 5.39. The lowest BCUT2D eigenvalue weighted by Gasteiger charge is -2.31. The van der Waals surface area contributed by atoms with E-state index in [9.17, 15) is 5.11 Å². The highest BCUT2D eigenvalue weighted by atomic mass is 32.1. The molecule has 0 unspecified atom stereocenters. The Kier molecular flexibility index (Phi) is 5.15. The van der Waals surface area contributed by atoms with E-state index in [0.29, 0.717) is 11.6 Å². The first-order valence-electron chi connectivity index (χ1n) is 9.45. The van der Waals surface area contributed by atoms with Gasteiger partial charge in [0.25, 0.3) is 0 Å². The zero-order valence-corrected chi connectivity index (χ0v) is 15.7. The van der Waals surface area contributed by atoms with Gasteiger partial charge in [-0.25, -0.2) is 4.98 Å². The van der Waals surface area contributed by atoms with E-state index in [1.54, 1.807) is 6.92 Å². The number of aliphatic hydroxyl groups excluding tert-OH is 1. The number of fused-ring (bicyclic) bond motifs is 1. The predicted octanol–water partition coefficient (Wildman–Crippen LogP) is 2.58. The van der Waals surface area contributed by atoms with Gasteiger partial charge in [0, 0.05) is 11.4 Å². The highest BCUT2D eigenvalue weighted by Gasteiger charge is 2.22. The molecule has 25 heavy (non-hydrogen) atoms. The Balaban J connectivity index is 1.27. The molecular formula is C18H27N5OS. The van der Waals surface area contributed by atoms with Crippen molar-refractivity contribution in [1.29, 1.82) is 0 Å². The number of piperidine rings is 1. The van der Waals surface area contributed by atoms with Gasteiger partial charge in [-0.3, -0.25) is 9.58 Å². The van der Waals surface area contributed by atoms with Crippen molar-refractivity contribution in [2.75, 3.05) is 13.1 Å². The van der Waals surface area contributed by atoms with Crippen LogP contribution in [0.15, 0.2) is 6.20 Å². The summed E-state index contributed by atoms with van der Waals surface area (Å²) in [6.07, 6.45) is 8.77. The monoisotopic (exact) mass is 361 g/mol. The van der Waals surface area contributed by atoms with E-state index in [-0.39, 0.29) is 0 Å². The number of hydrogen-bond donors (Lipinski definition) is 1. The van der Waals surface area contributed by atoms with Gasteiger partial charge in [-0.05, 0) is 64.5 Å². The molecule has 1 saturated heterocycles. The first-order valence-corrected chi connectivity index (χ1v) is 10.3. The third kappa shape index (κ3) is 4.10. The molecule has 0 amide bonds. The number of nitrogens with zero attached hydrogens (tertiary/aromatic N) is 5. The van der Waals surface area contributed by atoms with Crippen molar-refractivity contribution < 1.29 is 5.11 Å². The molecule has 1 fully saturated rings. The van der Waals surface area contributed by atoms with Crippen LogP contribution in [0.3, 0.4) is 0 Å². The molecule has 136 valence electrons. The molecule has 2 aromatic heterocycles. The Labute approximate surface area is 152 Å². The molecule has 1 aliphatic heterocycles. The maximum absolute atomic E-state index is 9.55. The van der Waals surface area contributed by atoms with Gasteiger partial charge in [-0.1, -0.05) is 5.21 Å². The smallest absolute Gasteiger partial charge is 0.111 e. The van der Waals surface area contributed by atoms with Crippen LogP contribution in [-0.4, -0.2) is 43.1 Å². The summed E-state index contributed by atoms with van der Waals surface area (Å²) in [5, 5.41) is 19.0. The standard InChI is InChI=1S/C18H27N5OS/c1-13(24)16-11-23(21-20-16)10-14-6-8-22(9-7-14)12-18-19-15-4-2-3-5-17(15)25-18/h11,13-14,24H,2-10,12H2,1H3/t13-/m1/s1. The molecule has 7 heteroatoms. The number of aromatic nitrogens is 4. The number of aryl methyl sites for hydroxylation is 2. The molecule has 6 nitrogen and oxygen atoms in total. The van der Waals surface area contributed by atoms with E-state index < -0.39 is 6.10 Å². The van der Waals surface area contributed by atoms with Gasteiger partial charge in [-0.15, -0.1) is 16.4 Å². The lowest BCUT2D eigenvalue weighted by Crippen LogP contribution is -2.34. The molecule has 1 N–H and O–H groups in total. The second-order valence-electron chi connectivity index (χ2n) is 7.45. The molecule has 0 radical (unpaired) electrons. The summed E-state index contributed by atoms with van der Waals surface area (Å²) in [6, 6.07) is 0. The lowest BCUT2D eigenvalue weighted by atomic mass is 9.97. The Morgan fingerprint density at radius 2 is 2.08 bits per heavy atom. The van der Waals surface area contributed by atoms with Crippen LogP contribution >= 0.6 is 11.3 Å². The average Bonchev–Trinajstić information content (AvgIpc) is 3.23. The Morgan fingerprint density at radius 3 is 2.80 bits per heavy atom. The third-order valence-corrected chi connectivity index (χ3v) is 6.53. The molecule has 0 bridgehead atoms. The quantitative estimate of drug-likeness (QED) is 0.887. The van der Waals surface area contributed by atoms with Crippen LogP contribution < -0.4 is 0 Å². The fourth-order valence-corrected chi connectivity index (χ4v) is 5.05. The molecule has 0 aromatic carbocycles. The van der Waals surface area contributed by atoms with Crippen LogP contribution in [0.4, 0.5) is 0 Å². The van der Waals surface area contributed by atoms with E-state index in [1.165, 1.54) is 54.1 Å². The minimum atomic E-state index is -0.542. The van der Waals surface area contributed by atoms with Gasteiger partial charge in [0.15, 0.2) is 0 Å². The maximum atomic E-state index is 9.55. The largest absolute Gasteiger partial charge is 0.387 e. The predicted molar refractivity (Wildman–Crippen MR) is 97.4 cm³/mol. The molecule has 4 rings (SSSR count). The van der Waals surface area contributed by atoms with Crippen LogP contribution in [0.2, 0.25) is 0 Å². The van der Waals surface area contributed by atoms with Gasteiger partial charge in [0.05, 0.1) is 24.5 Å². The fourth-order valence-electron chi connectivity index (χ4n) is 3.85. The van der Waals surface area contributed by atoms with Crippen LogP contribution in [0.5, 0.6) is 0 Å². The van der Waals surface area contributed by atoms with E-state index >= 15 is 0 Å². The molecule has 3 heterocycles. The SMILES string of the molecule is C[C@@H](O)c1cn(CC2CCN(Cc3nc4c(s3)CCCC4)CC2)nn1. The van der Waals surface area contributed by atoms with Crippen molar-refractivity contribution in [2.24, 2.45) is 5.92 Å². The first kappa shape index (κ1) is 17.1. The Bertz CT molecular complexity index is 679. The second kappa shape index (κ2) is 7.51. The van der Waals surface area contributed by atoms with E-state index in [4.69, 9.17) is 4.98 Å². The van der Waals surface area contributed by atoms with Crippen LogP contribution in [0.25, 0.3) is 0 Å². The summed E-state index contributed by atoms with van der Waals surface area (Å²) < 4.78 is 1.89. The Hall–Kier alpha value is -1.31. The van der Waals surface area contributed by atoms with Gasteiger partial charge in [-0.2, -0.15) is 0 Å². The Morgan fingerprint density at radius 1 is 1.28 bits per heavy atom. The molecule has 2 aromatic rings. The second-order valence-corrected chi connectivity index (χ2v) is 8.61. The summed E-state index contributed by atoms with van der Waals surface area (Å²) >= 11 is 1.94. The van der Waals surface area contributed by atoms with E-state index in [1.807, 2.05) is 22.2 Å². The summed E-state index contributed by atoms with van der Waals surface area (Å²) in [6.45, 7) is 5.90. The molecule has 1 atom stereocenters. The summed E-state index contributed by atoms with van der Waals surface area (Å²) in [4.78, 5) is 8.96. The maximum Gasteiger partial charge on any atom is 0.111 e. The van der Waals surface area contributed by atoms with Crippen LogP contribution in [-0.2, 0) is 25.9 Å². The average molecular weight is 362 g/mol. The number of thiazole rings is 1. The van der Waals surface area contributed by atoms with Crippen molar-refractivity contribution in [3.63, 3.8) is 0 Å². The van der Waals surface area contributed by atoms with E-state index in [2.05, 4.69) is 15.2 Å². The van der Waals surface area contributed by atoms with Crippen molar-refractivity contribution in [2.45, 2.75) is 64.6 Å². The van der Waals surface area contributed by atoms with Crippen molar-refractivity contribution in [3.05, 3.63) is 27.5 Å². The molecule has 1 aliphatic carbocycles. The van der Waals surface area contributed by atoms with Gasteiger partial charge in [0.1, 0.15) is 10.7 Å². The number of likely N-dealkylation sites (tertiary alicyclic amines) is 1. The van der Waals surface area contributed by atoms with Gasteiger partial charge < -0.3 is 5.11 Å². The zero-order chi connectivity index (χ0) is 17.2. The van der Waals surface area contributed by atoms with Crippen molar-refractivity contribution >= 4 is 11.3 Å². The molecule has 0 spiro atoms. The van der Waals surface area contributed by atoms with Crippen LogP contribution in [0.1, 0.15) is 60.0 Å². The minimum absolute atomic E-state index is 0.542. The highest BCUT2D eigenvalue weighted by molar-refractivity contribution is 7.11. The fraction of sp³-hybridized carbons (Fsp3) is 0.722. The number of aliphatic hydroxyl groups is 1. The minimum Gasteiger partial charge on any atom is -0.387 e. The summed E-state index contributed by atoms with van der Waals surface area (Å²) in [7, 11) is 0. The number of rotatable bonds is 5. The topological polar surface area (TPSA) is 67.1 Å². The van der Waals surface area contributed by atoms with Crippen molar-refractivity contribution in [3.8, 4) is 0 Å². The lowest BCUT2D eigenvalue weighted by molar-refractivity contribution is 0.164. The highest BCUT2D eigenvalue weighted by Crippen LogP contribution is 2.28. The van der Waals surface area contributed by atoms with Gasteiger partial charge in [0.2, 0.25) is 0 Å². The number of hydrogen-bond acceptors (Lipinski definition) is 6. The normalized spacial score (nSPS) is 20.6. The molecular weight excluding hydrogens is 334 g/mol. The first-order chi connectivity index (χ1) is 12.2. The molecule has 2 aliphatic rings. The summed E-state index contributed by atoms with van der Waals surface area (Å²) in [5.74, 6) is 0.643. The van der Waals surface area contributed by atoms with Crippen molar-refractivity contribution in [1.82, 2.24) is 24.9 Å². The summed E-state index contributed by atoms with van der Waals surface area (Å²) in [5.41, 5.74) is 2.03.